The van der Waals surface area contributed by atoms with Crippen LogP contribution < -0.4 is 5.32 Å². The van der Waals surface area contributed by atoms with Gasteiger partial charge < -0.3 is 10.4 Å². The highest BCUT2D eigenvalue weighted by Crippen LogP contribution is 2.09. The molecule has 0 radical (unpaired) electrons. The van der Waals surface area contributed by atoms with Gasteiger partial charge in [0, 0.05) is 12.1 Å². The molecule has 7 heteroatoms. The maximum Gasteiger partial charge on any atom is 0.313 e. The summed E-state index contributed by atoms with van der Waals surface area (Å²) >= 11 is 0.933. The second-order valence-corrected chi connectivity index (χ2v) is 4.38. The van der Waals surface area contributed by atoms with Crippen molar-refractivity contribution in [3.63, 3.8) is 0 Å². The highest BCUT2D eigenvalue weighted by atomic mass is 32.2. The van der Waals surface area contributed by atoms with Crippen molar-refractivity contribution in [3.8, 4) is 0 Å². The number of amides is 1. The van der Waals surface area contributed by atoms with Crippen LogP contribution in [0, 0.1) is 11.6 Å². The summed E-state index contributed by atoms with van der Waals surface area (Å²) in [5, 5.41) is 10.7. The Kier molecular flexibility index (Phi) is 5.57. The van der Waals surface area contributed by atoms with E-state index in [-0.39, 0.29) is 23.6 Å². The molecule has 4 nitrogen and oxygen atoms in total. The van der Waals surface area contributed by atoms with Gasteiger partial charge in [0.05, 0.1) is 11.5 Å². The van der Waals surface area contributed by atoms with Gasteiger partial charge in [0.25, 0.3) is 0 Å². The van der Waals surface area contributed by atoms with Crippen LogP contribution in [0.1, 0.15) is 5.56 Å². The van der Waals surface area contributed by atoms with Crippen LogP contribution in [-0.4, -0.2) is 28.5 Å². The smallest absolute Gasteiger partial charge is 0.313 e. The average molecular weight is 275 g/mol. The first-order chi connectivity index (χ1) is 8.49. The molecule has 0 fully saturated rings. The van der Waals surface area contributed by atoms with Gasteiger partial charge in [-0.15, -0.1) is 11.8 Å². The van der Waals surface area contributed by atoms with Crippen molar-refractivity contribution < 1.29 is 23.5 Å². The zero-order chi connectivity index (χ0) is 13.5. The molecule has 18 heavy (non-hydrogen) atoms. The average Bonchev–Trinajstić information content (AvgIpc) is 2.30. The van der Waals surface area contributed by atoms with Gasteiger partial charge in [-0.2, -0.15) is 0 Å². The van der Waals surface area contributed by atoms with Crippen LogP contribution in [0.3, 0.4) is 0 Å². The van der Waals surface area contributed by atoms with E-state index in [2.05, 4.69) is 5.32 Å². The van der Waals surface area contributed by atoms with Crippen molar-refractivity contribution in [2.24, 2.45) is 0 Å². The van der Waals surface area contributed by atoms with E-state index in [1.165, 1.54) is 0 Å². The molecule has 1 aromatic rings. The lowest BCUT2D eigenvalue weighted by Crippen LogP contribution is -2.25. The first-order valence-corrected chi connectivity index (χ1v) is 6.14. The van der Waals surface area contributed by atoms with E-state index in [0.717, 1.165) is 30.0 Å². The molecule has 0 aromatic heterocycles. The van der Waals surface area contributed by atoms with E-state index in [0.29, 0.717) is 0 Å². The van der Waals surface area contributed by atoms with Crippen molar-refractivity contribution >= 4 is 23.6 Å². The van der Waals surface area contributed by atoms with E-state index in [1.54, 1.807) is 0 Å². The summed E-state index contributed by atoms with van der Waals surface area (Å²) in [6.45, 7) is -0.129. The van der Waals surface area contributed by atoms with Crippen LogP contribution in [0.25, 0.3) is 0 Å². The molecule has 0 spiro atoms. The maximum atomic E-state index is 13.2. The van der Waals surface area contributed by atoms with Gasteiger partial charge in [0.1, 0.15) is 11.6 Å². The molecule has 0 atom stereocenters. The summed E-state index contributed by atoms with van der Waals surface area (Å²) in [4.78, 5) is 21.5. The molecule has 1 amide bonds. The van der Waals surface area contributed by atoms with Crippen LogP contribution in [0.5, 0.6) is 0 Å². The highest BCUT2D eigenvalue weighted by Gasteiger charge is 2.07. The van der Waals surface area contributed by atoms with Gasteiger partial charge in [-0.25, -0.2) is 8.78 Å². The standard InChI is InChI=1S/C11H11F2NO3S/c12-8-1-2-9(13)7(3-8)4-14-10(15)5-18-6-11(16)17/h1-3H,4-6H2,(H,14,15)(H,16,17). The Bertz CT molecular complexity index is 454. The topological polar surface area (TPSA) is 66.4 Å². The fourth-order valence-electron chi connectivity index (χ4n) is 1.15. The quantitative estimate of drug-likeness (QED) is 0.823. The Hall–Kier alpha value is -1.63. The highest BCUT2D eigenvalue weighted by molar-refractivity contribution is 8.00. The third-order valence-electron chi connectivity index (χ3n) is 1.94. The fourth-order valence-corrected chi connectivity index (χ4v) is 1.72. The van der Waals surface area contributed by atoms with Crippen molar-refractivity contribution in [3.05, 3.63) is 35.4 Å². The minimum absolute atomic E-state index is 0.0385. The number of nitrogens with one attached hydrogen (secondary N) is 1. The Morgan fingerprint density at radius 3 is 2.67 bits per heavy atom. The zero-order valence-corrected chi connectivity index (χ0v) is 10.1. The Labute approximate surface area is 106 Å². The summed E-state index contributed by atoms with van der Waals surface area (Å²) < 4.78 is 26.0. The number of carbonyl (C=O) groups is 2. The van der Waals surface area contributed by atoms with Crippen molar-refractivity contribution in [2.45, 2.75) is 6.54 Å². The number of aliphatic carboxylic acids is 1. The van der Waals surface area contributed by atoms with Gasteiger partial charge in [-0.1, -0.05) is 0 Å². The maximum absolute atomic E-state index is 13.2. The number of halogens is 2. The summed E-state index contributed by atoms with van der Waals surface area (Å²) in [5.41, 5.74) is 0.0478. The van der Waals surface area contributed by atoms with Crippen LogP contribution in [0.15, 0.2) is 18.2 Å². The Balaban J connectivity index is 2.38. The predicted molar refractivity (Wildman–Crippen MR) is 63.2 cm³/mol. The first-order valence-electron chi connectivity index (χ1n) is 4.99. The summed E-state index contributed by atoms with van der Waals surface area (Å²) in [6.07, 6.45) is 0. The summed E-state index contributed by atoms with van der Waals surface area (Å²) in [6, 6.07) is 2.97. The number of carboxylic acids is 1. The van der Waals surface area contributed by atoms with E-state index in [4.69, 9.17) is 5.11 Å². The van der Waals surface area contributed by atoms with Gasteiger partial charge in [0.15, 0.2) is 0 Å². The third-order valence-corrected chi connectivity index (χ3v) is 2.86. The van der Waals surface area contributed by atoms with Crippen LogP contribution in [0.4, 0.5) is 8.78 Å². The number of thioether (sulfide) groups is 1. The largest absolute Gasteiger partial charge is 0.481 e. The molecule has 98 valence electrons. The number of benzene rings is 1. The molecule has 0 bridgehead atoms. The molecule has 2 N–H and O–H groups in total. The van der Waals surface area contributed by atoms with Crippen molar-refractivity contribution in [1.82, 2.24) is 5.32 Å². The minimum atomic E-state index is -1.01. The minimum Gasteiger partial charge on any atom is -0.481 e. The number of carboxylic acid groups (broad SMARTS) is 1. The molecule has 0 saturated heterocycles. The monoisotopic (exact) mass is 275 g/mol. The number of hydrogen-bond acceptors (Lipinski definition) is 3. The summed E-state index contributed by atoms with van der Waals surface area (Å²) in [7, 11) is 0. The molecule has 0 aliphatic rings. The van der Waals surface area contributed by atoms with Crippen molar-refractivity contribution in [2.75, 3.05) is 11.5 Å². The molecule has 0 saturated carbocycles. The predicted octanol–water partition coefficient (Wildman–Crippen LogP) is 1.40. The molecular weight excluding hydrogens is 264 g/mol. The van der Waals surface area contributed by atoms with E-state index in [1.807, 2.05) is 0 Å². The van der Waals surface area contributed by atoms with Crippen LogP contribution in [-0.2, 0) is 16.1 Å². The normalized spacial score (nSPS) is 10.1. The molecule has 0 unspecified atom stereocenters. The van der Waals surface area contributed by atoms with E-state index >= 15 is 0 Å². The van der Waals surface area contributed by atoms with Gasteiger partial charge in [-0.05, 0) is 18.2 Å². The molecule has 0 aliphatic heterocycles. The lowest BCUT2D eigenvalue weighted by Gasteiger charge is -2.06. The second-order valence-electron chi connectivity index (χ2n) is 3.40. The lowest BCUT2D eigenvalue weighted by molar-refractivity contribution is -0.133. The number of carbonyl (C=O) groups excluding carboxylic acids is 1. The number of hydrogen-bond donors (Lipinski definition) is 2. The number of rotatable bonds is 6. The van der Waals surface area contributed by atoms with Crippen molar-refractivity contribution in [1.29, 1.82) is 0 Å². The molecule has 1 aromatic carbocycles. The van der Waals surface area contributed by atoms with Gasteiger partial charge in [0.2, 0.25) is 5.91 Å². The van der Waals surface area contributed by atoms with Crippen LogP contribution in [0.2, 0.25) is 0 Å². The van der Waals surface area contributed by atoms with E-state index < -0.39 is 23.5 Å². The lowest BCUT2D eigenvalue weighted by atomic mass is 10.2. The van der Waals surface area contributed by atoms with Gasteiger partial charge >= 0.3 is 5.97 Å². The first kappa shape index (κ1) is 14.4. The fraction of sp³-hybridized carbons (Fsp3) is 0.273. The molecular formula is C11H11F2NO3S. The van der Waals surface area contributed by atoms with Crippen LogP contribution >= 0.6 is 11.8 Å². The van der Waals surface area contributed by atoms with E-state index in [9.17, 15) is 18.4 Å². The zero-order valence-electron chi connectivity index (χ0n) is 9.28. The molecule has 0 heterocycles. The SMILES string of the molecule is O=C(O)CSCC(=O)NCc1cc(F)ccc1F. The van der Waals surface area contributed by atoms with Gasteiger partial charge in [-0.3, -0.25) is 9.59 Å². The Morgan fingerprint density at radius 2 is 2.00 bits per heavy atom. The second kappa shape index (κ2) is 6.95. The summed E-state index contributed by atoms with van der Waals surface area (Å²) in [5.74, 6) is -2.84. The molecule has 1 rings (SSSR count). The molecule has 0 aliphatic carbocycles. The Morgan fingerprint density at radius 1 is 1.28 bits per heavy atom. The third kappa shape index (κ3) is 5.13.